The lowest BCUT2D eigenvalue weighted by atomic mass is 10.2. The van der Waals surface area contributed by atoms with Gasteiger partial charge in [-0.3, -0.25) is 4.79 Å². The van der Waals surface area contributed by atoms with Gasteiger partial charge in [-0.15, -0.1) is 0 Å². The average molecular weight is 299 g/mol. The molecule has 0 atom stereocenters. The SMILES string of the molecule is O=C(c1ccccc1Cl)n1ccc(C=Cc2ccco2)n1. The first-order valence-corrected chi connectivity index (χ1v) is 6.68. The van der Waals surface area contributed by atoms with Gasteiger partial charge in [0.15, 0.2) is 0 Å². The fourth-order valence-electron chi connectivity index (χ4n) is 1.85. The summed E-state index contributed by atoms with van der Waals surface area (Å²) in [4.78, 5) is 12.3. The Kier molecular flexibility index (Phi) is 3.71. The summed E-state index contributed by atoms with van der Waals surface area (Å²) in [5.41, 5.74) is 1.08. The fourth-order valence-corrected chi connectivity index (χ4v) is 2.07. The van der Waals surface area contributed by atoms with Crippen LogP contribution in [-0.4, -0.2) is 15.7 Å². The third-order valence-electron chi connectivity index (χ3n) is 2.88. The second kappa shape index (κ2) is 5.81. The van der Waals surface area contributed by atoms with Gasteiger partial charge in [-0.25, -0.2) is 4.68 Å². The summed E-state index contributed by atoms with van der Waals surface area (Å²) in [5, 5.41) is 4.62. The number of halogens is 1. The second-order valence-corrected chi connectivity index (χ2v) is 4.73. The Labute approximate surface area is 126 Å². The summed E-state index contributed by atoms with van der Waals surface area (Å²) in [7, 11) is 0. The topological polar surface area (TPSA) is 48.0 Å². The van der Waals surface area contributed by atoms with Crippen LogP contribution in [0.25, 0.3) is 12.2 Å². The van der Waals surface area contributed by atoms with Crippen LogP contribution in [0.5, 0.6) is 0 Å². The molecular formula is C16H11ClN2O2. The maximum absolute atomic E-state index is 12.3. The Hall–Kier alpha value is -2.59. The molecule has 21 heavy (non-hydrogen) atoms. The van der Waals surface area contributed by atoms with E-state index in [0.29, 0.717) is 16.3 Å². The molecule has 0 N–H and O–H groups in total. The van der Waals surface area contributed by atoms with Gasteiger partial charge in [0.2, 0.25) is 0 Å². The number of benzene rings is 1. The van der Waals surface area contributed by atoms with E-state index in [1.54, 1.807) is 61.0 Å². The van der Waals surface area contributed by atoms with Crippen molar-refractivity contribution in [1.82, 2.24) is 9.78 Å². The highest BCUT2D eigenvalue weighted by Gasteiger charge is 2.12. The van der Waals surface area contributed by atoms with Crippen LogP contribution in [0.15, 0.2) is 59.3 Å². The van der Waals surface area contributed by atoms with E-state index in [1.807, 2.05) is 6.07 Å². The van der Waals surface area contributed by atoms with Crippen molar-refractivity contribution >= 4 is 29.7 Å². The number of carbonyl (C=O) groups excluding carboxylic acids is 1. The third kappa shape index (κ3) is 2.95. The van der Waals surface area contributed by atoms with Crippen molar-refractivity contribution in [1.29, 1.82) is 0 Å². The van der Waals surface area contributed by atoms with Crippen LogP contribution in [0.1, 0.15) is 21.8 Å². The molecule has 0 aliphatic heterocycles. The molecular weight excluding hydrogens is 288 g/mol. The molecule has 5 heteroatoms. The lowest BCUT2D eigenvalue weighted by Crippen LogP contribution is -2.13. The first kappa shape index (κ1) is 13.4. The predicted molar refractivity (Wildman–Crippen MR) is 81.0 cm³/mol. The molecule has 0 aliphatic rings. The maximum Gasteiger partial charge on any atom is 0.279 e. The van der Waals surface area contributed by atoms with Crippen molar-refractivity contribution in [2.24, 2.45) is 0 Å². The third-order valence-corrected chi connectivity index (χ3v) is 3.21. The van der Waals surface area contributed by atoms with Gasteiger partial charge < -0.3 is 4.42 Å². The van der Waals surface area contributed by atoms with Crippen molar-refractivity contribution < 1.29 is 9.21 Å². The van der Waals surface area contributed by atoms with E-state index in [0.717, 1.165) is 5.76 Å². The van der Waals surface area contributed by atoms with Crippen LogP contribution in [-0.2, 0) is 0 Å². The van der Waals surface area contributed by atoms with E-state index in [1.165, 1.54) is 4.68 Å². The van der Waals surface area contributed by atoms with E-state index in [4.69, 9.17) is 16.0 Å². The van der Waals surface area contributed by atoms with Crippen molar-refractivity contribution in [3.05, 3.63) is 77.0 Å². The highest BCUT2D eigenvalue weighted by Crippen LogP contribution is 2.16. The Bertz CT molecular complexity index is 788. The van der Waals surface area contributed by atoms with Crippen LogP contribution in [0.3, 0.4) is 0 Å². The van der Waals surface area contributed by atoms with Crippen molar-refractivity contribution in [2.75, 3.05) is 0 Å². The van der Waals surface area contributed by atoms with Gasteiger partial charge in [0.05, 0.1) is 22.5 Å². The fraction of sp³-hybridized carbons (Fsp3) is 0. The minimum Gasteiger partial charge on any atom is -0.465 e. The van der Waals surface area contributed by atoms with E-state index in [9.17, 15) is 4.79 Å². The minimum absolute atomic E-state index is 0.266. The van der Waals surface area contributed by atoms with Crippen LogP contribution >= 0.6 is 11.6 Å². The first-order valence-electron chi connectivity index (χ1n) is 6.30. The Morgan fingerprint density at radius 3 is 2.76 bits per heavy atom. The van der Waals surface area contributed by atoms with Gasteiger partial charge in [0, 0.05) is 6.20 Å². The van der Waals surface area contributed by atoms with Crippen molar-refractivity contribution in [3.63, 3.8) is 0 Å². The number of rotatable bonds is 3. The zero-order valence-electron chi connectivity index (χ0n) is 10.9. The molecule has 0 fully saturated rings. The monoisotopic (exact) mass is 298 g/mol. The van der Waals surface area contributed by atoms with Gasteiger partial charge in [-0.2, -0.15) is 5.10 Å². The first-order chi connectivity index (χ1) is 10.2. The quantitative estimate of drug-likeness (QED) is 0.734. The molecule has 0 radical (unpaired) electrons. The van der Waals surface area contributed by atoms with Gasteiger partial charge in [-0.05, 0) is 42.5 Å². The van der Waals surface area contributed by atoms with E-state index in [2.05, 4.69) is 5.10 Å². The van der Waals surface area contributed by atoms with Crippen LogP contribution < -0.4 is 0 Å². The normalized spacial score (nSPS) is 11.1. The van der Waals surface area contributed by atoms with Crippen molar-refractivity contribution in [3.8, 4) is 0 Å². The molecule has 0 saturated heterocycles. The van der Waals surface area contributed by atoms with Crippen molar-refractivity contribution in [2.45, 2.75) is 0 Å². The van der Waals surface area contributed by atoms with Crippen LogP contribution in [0.2, 0.25) is 5.02 Å². The molecule has 0 amide bonds. The summed E-state index contributed by atoms with van der Waals surface area (Å²) in [6.45, 7) is 0. The van der Waals surface area contributed by atoms with E-state index >= 15 is 0 Å². The number of hydrogen-bond donors (Lipinski definition) is 0. The predicted octanol–water partition coefficient (Wildman–Crippen LogP) is 3.99. The number of hydrogen-bond acceptors (Lipinski definition) is 3. The summed E-state index contributed by atoms with van der Waals surface area (Å²) < 4.78 is 6.46. The standard InChI is InChI=1S/C16H11ClN2O2/c17-15-6-2-1-5-14(15)16(20)19-10-9-12(18-19)7-8-13-4-3-11-21-13/h1-11H. The molecule has 0 bridgehead atoms. The molecule has 0 unspecified atom stereocenters. The number of nitrogens with zero attached hydrogens (tertiary/aromatic N) is 2. The van der Waals surface area contributed by atoms with Crippen LogP contribution in [0, 0.1) is 0 Å². The summed E-state index contributed by atoms with van der Waals surface area (Å²) in [6, 6.07) is 12.3. The van der Waals surface area contributed by atoms with Crippen LogP contribution in [0.4, 0.5) is 0 Å². The number of aromatic nitrogens is 2. The van der Waals surface area contributed by atoms with Gasteiger partial charge in [0.1, 0.15) is 5.76 Å². The summed E-state index contributed by atoms with van der Waals surface area (Å²) >= 11 is 6.02. The second-order valence-electron chi connectivity index (χ2n) is 4.32. The zero-order valence-corrected chi connectivity index (χ0v) is 11.7. The highest BCUT2D eigenvalue weighted by molar-refractivity contribution is 6.33. The molecule has 3 aromatic rings. The molecule has 1 aromatic carbocycles. The molecule has 104 valence electrons. The Morgan fingerprint density at radius 2 is 2.00 bits per heavy atom. The highest BCUT2D eigenvalue weighted by atomic mass is 35.5. The molecule has 0 spiro atoms. The molecule has 0 aliphatic carbocycles. The largest absolute Gasteiger partial charge is 0.465 e. The van der Waals surface area contributed by atoms with E-state index in [-0.39, 0.29) is 5.91 Å². The molecule has 2 aromatic heterocycles. The van der Waals surface area contributed by atoms with Gasteiger partial charge >= 0.3 is 0 Å². The molecule has 0 saturated carbocycles. The average Bonchev–Trinajstić information content (AvgIpc) is 3.16. The lowest BCUT2D eigenvalue weighted by Gasteiger charge is -2.02. The minimum atomic E-state index is -0.266. The Balaban J connectivity index is 1.82. The smallest absolute Gasteiger partial charge is 0.279 e. The van der Waals surface area contributed by atoms with Gasteiger partial charge in [-0.1, -0.05) is 23.7 Å². The number of carbonyl (C=O) groups is 1. The lowest BCUT2D eigenvalue weighted by molar-refractivity contribution is 0.0945. The number of furan rings is 1. The van der Waals surface area contributed by atoms with Gasteiger partial charge in [0.25, 0.3) is 5.91 Å². The summed E-state index contributed by atoms with van der Waals surface area (Å²) in [5.74, 6) is 0.459. The zero-order chi connectivity index (χ0) is 14.7. The molecule has 2 heterocycles. The van der Waals surface area contributed by atoms with E-state index < -0.39 is 0 Å². The maximum atomic E-state index is 12.3. The Morgan fingerprint density at radius 1 is 1.14 bits per heavy atom. The molecule has 3 rings (SSSR count). The summed E-state index contributed by atoms with van der Waals surface area (Å²) in [6.07, 6.45) is 6.76. The molecule has 4 nitrogen and oxygen atoms in total.